The van der Waals surface area contributed by atoms with Gasteiger partial charge in [0.2, 0.25) is 5.91 Å². The molecule has 0 aliphatic rings. The van der Waals surface area contributed by atoms with E-state index in [2.05, 4.69) is 5.32 Å². The second-order valence-corrected chi connectivity index (χ2v) is 4.82. The lowest BCUT2D eigenvalue weighted by atomic mass is 10.2. The minimum Gasteiger partial charge on any atom is -0.497 e. The van der Waals surface area contributed by atoms with Crippen LogP contribution in [0.3, 0.4) is 0 Å². The molecule has 0 bridgehead atoms. The van der Waals surface area contributed by atoms with Gasteiger partial charge in [-0.2, -0.15) is 0 Å². The van der Waals surface area contributed by atoms with Crippen LogP contribution in [0.5, 0.6) is 11.5 Å². The Balaban J connectivity index is 2.13. The molecule has 0 aromatic heterocycles. The molecule has 0 fully saturated rings. The fourth-order valence-electron chi connectivity index (χ4n) is 1.98. The van der Waals surface area contributed by atoms with E-state index in [9.17, 15) is 4.79 Å². The molecular weight excluding hydrogens is 266 g/mol. The van der Waals surface area contributed by atoms with Crippen LogP contribution in [0.2, 0.25) is 0 Å². The highest BCUT2D eigenvalue weighted by molar-refractivity contribution is 5.90. The maximum atomic E-state index is 11.3. The van der Waals surface area contributed by atoms with Crippen LogP contribution in [0.15, 0.2) is 42.5 Å². The van der Waals surface area contributed by atoms with Crippen molar-refractivity contribution in [2.24, 2.45) is 0 Å². The molecule has 1 amide bonds. The molecule has 0 heterocycles. The Morgan fingerprint density at radius 2 is 2.00 bits per heavy atom. The van der Waals surface area contributed by atoms with Crippen LogP contribution in [0.4, 0.5) is 5.69 Å². The van der Waals surface area contributed by atoms with Gasteiger partial charge in [0.15, 0.2) is 0 Å². The van der Waals surface area contributed by atoms with Crippen molar-refractivity contribution in [1.29, 1.82) is 0 Å². The molecular formula is C17H19NO3. The molecule has 4 heteroatoms. The van der Waals surface area contributed by atoms with Crippen molar-refractivity contribution in [2.75, 3.05) is 12.4 Å². The Hall–Kier alpha value is -2.49. The number of aryl methyl sites for hydroxylation is 1. The van der Waals surface area contributed by atoms with Gasteiger partial charge >= 0.3 is 0 Å². The van der Waals surface area contributed by atoms with E-state index in [1.807, 2.05) is 49.4 Å². The Bertz CT molecular complexity index is 638. The molecule has 0 radical (unpaired) electrons. The molecule has 2 rings (SSSR count). The van der Waals surface area contributed by atoms with Crippen LogP contribution in [0.25, 0.3) is 0 Å². The first-order valence-electron chi connectivity index (χ1n) is 6.72. The lowest BCUT2D eigenvalue weighted by Crippen LogP contribution is -2.08. The van der Waals surface area contributed by atoms with Gasteiger partial charge in [0, 0.05) is 6.92 Å². The number of methoxy groups -OCH3 is 1. The van der Waals surface area contributed by atoms with Gasteiger partial charge in [-0.1, -0.05) is 18.2 Å². The van der Waals surface area contributed by atoms with Crippen LogP contribution >= 0.6 is 0 Å². The van der Waals surface area contributed by atoms with Gasteiger partial charge in [-0.25, -0.2) is 0 Å². The highest BCUT2D eigenvalue weighted by atomic mass is 16.5. The molecule has 1 N–H and O–H groups in total. The van der Waals surface area contributed by atoms with Gasteiger partial charge in [-0.15, -0.1) is 0 Å². The van der Waals surface area contributed by atoms with Crippen molar-refractivity contribution < 1.29 is 14.3 Å². The first kappa shape index (κ1) is 14.9. The highest BCUT2D eigenvalue weighted by Crippen LogP contribution is 2.27. The van der Waals surface area contributed by atoms with Gasteiger partial charge in [-0.05, 0) is 42.3 Å². The summed E-state index contributed by atoms with van der Waals surface area (Å²) in [6, 6.07) is 13.4. The lowest BCUT2D eigenvalue weighted by molar-refractivity contribution is -0.114. The predicted molar refractivity (Wildman–Crippen MR) is 82.8 cm³/mol. The first-order chi connectivity index (χ1) is 10.1. The number of carbonyl (C=O) groups is 1. The Morgan fingerprint density at radius 3 is 2.71 bits per heavy atom. The SMILES string of the molecule is COc1cccc(COc2ccc(C)cc2NC(C)=O)c1. The quantitative estimate of drug-likeness (QED) is 0.914. The average molecular weight is 285 g/mol. The summed E-state index contributed by atoms with van der Waals surface area (Å²) < 4.78 is 11.0. The van der Waals surface area contributed by atoms with Crippen molar-refractivity contribution in [1.82, 2.24) is 0 Å². The number of benzene rings is 2. The molecule has 0 spiro atoms. The summed E-state index contributed by atoms with van der Waals surface area (Å²) in [6.45, 7) is 3.86. The highest BCUT2D eigenvalue weighted by Gasteiger charge is 2.06. The van der Waals surface area contributed by atoms with Gasteiger partial charge < -0.3 is 14.8 Å². The largest absolute Gasteiger partial charge is 0.497 e. The molecule has 2 aromatic carbocycles. The number of anilines is 1. The number of ether oxygens (including phenoxy) is 2. The van der Waals surface area contributed by atoms with E-state index in [4.69, 9.17) is 9.47 Å². The molecule has 21 heavy (non-hydrogen) atoms. The average Bonchev–Trinajstić information content (AvgIpc) is 2.46. The summed E-state index contributed by atoms with van der Waals surface area (Å²) in [4.78, 5) is 11.3. The third kappa shape index (κ3) is 4.24. The van der Waals surface area contributed by atoms with Crippen LogP contribution in [0, 0.1) is 6.92 Å². The summed E-state index contributed by atoms with van der Waals surface area (Å²) in [5.41, 5.74) is 2.75. The smallest absolute Gasteiger partial charge is 0.221 e. The molecule has 0 saturated carbocycles. The normalized spacial score (nSPS) is 10.0. The van der Waals surface area contributed by atoms with Gasteiger partial charge in [0.05, 0.1) is 12.8 Å². The third-order valence-corrected chi connectivity index (χ3v) is 2.97. The number of hydrogen-bond acceptors (Lipinski definition) is 3. The van der Waals surface area contributed by atoms with Crippen molar-refractivity contribution in [3.63, 3.8) is 0 Å². The van der Waals surface area contributed by atoms with Gasteiger partial charge in [0.1, 0.15) is 18.1 Å². The first-order valence-corrected chi connectivity index (χ1v) is 6.72. The molecule has 110 valence electrons. The van der Waals surface area contributed by atoms with Crippen molar-refractivity contribution in [2.45, 2.75) is 20.5 Å². The standard InChI is InChI=1S/C17H19NO3/c1-12-7-8-17(16(9-12)18-13(2)19)21-11-14-5-4-6-15(10-14)20-3/h4-10H,11H2,1-3H3,(H,18,19). The predicted octanol–water partition coefficient (Wildman–Crippen LogP) is 3.54. The maximum Gasteiger partial charge on any atom is 0.221 e. The van der Waals surface area contributed by atoms with Crippen LogP contribution < -0.4 is 14.8 Å². The van der Waals surface area contributed by atoms with Crippen molar-refractivity contribution in [3.05, 3.63) is 53.6 Å². The summed E-state index contributed by atoms with van der Waals surface area (Å²) >= 11 is 0. The van der Waals surface area contributed by atoms with E-state index in [1.165, 1.54) is 6.92 Å². The number of hydrogen-bond donors (Lipinski definition) is 1. The summed E-state index contributed by atoms with van der Waals surface area (Å²) in [5, 5.41) is 2.78. The number of rotatable bonds is 5. The number of amides is 1. The van der Waals surface area contributed by atoms with Crippen molar-refractivity contribution >= 4 is 11.6 Å². The second-order valence-electron chi connectivity index (χ2n) is 4.82. The third-order valence-electron chi connectivity index (χ3n) is 2.97. The Labute approximate surface area is 124 Å². The summed E-state index contributed by atoms with van der Waals surface area (Å²) in [6.07, 6.45) is 0. The van der Waals surface area contributed by atoms with E-state index >= 15 is 0 Å². The minimum absolute atomic E-state index is 0.119. The fraction of sp³-hybridized carbons (Fsp3) is 0.235. The Morgan fingerprint density at radius 1 is 1.19 bits per heavy atom. The monoisotopic (exact) mass is 285 g/mol. The van der Waals surface area contributed by atoms with Gasteiger partial charge in [0.25, 0.3) is 0 Å². The van der Waals surface area contributed by atoms with Gasteiger partial charge in [-0.3, -0.25) is 4.79 Å². The molecule has 2 aromatic rings. The van der Waals surface area contributed by atoms with E-state index in [0.717, 1.165) is 16.9 Å². The molecule has 4 nitrogen and oxygen atoms in total. The molecule has 0 aliphatic carbocycles. The second kappa shape index (κ2) is 6.79. The number of nitrogens with one attached hydrogen (secondary N) is 1. The Kier molecular flexibility index (Phi) is 4.82. The maximum absolute atomic E-state index is 11.3. The molecule has 0 aliphatic heterocycles. The van der Waals surface area contributed by atoms with E-state index in [0.29, 0.717) is 18.0 Å². The summed E-state index contributed by atoms with van der Waals surface area (Å²) in [5.74, 6) is 1.33. The van der Waals surface area contributed by atoms with E-state index in [1.54, 1.807) is 7.11 Å². The van der Waals surface area contributed by atoms with Crippen molar-refractivity contribution in [3.8, 4) is 11.5 Å². The van der Waals surface area contributed by atoms with Crippen LogP contribution in [-0.4, -0.2) is 13.0 Å². The zero-order valence-corrected chi connectivity index (χ0v) is 12.5. The molecule has 0 saturated heterocycles. The van der Waals surface area contributed by atoms with E-state index in [-0.39, 0.29) is 5.91 Å². The fourth-order valence-corrected chi connectivity index (χ4v) is 1.98. The van der Waals surface area contributed by atoms with Crippen LogP contribution in [0.1, 0.15) is 18.1 Å². The minimum atomic E-state index is -0.119. The number of carbonyl (C=O) groups excluding carboxylic acids is 1. The zero-order chi connectivity index (χ0) is 15.2. The molecule has 0 atom stereocenters. The summed E-state index contributed by atoms with van der Waals surface area (Å²) in [7, 11) is 1.63. The lowest BCUT2D eigenvalue weighted by Gasteiger charge is -2.13. The zero-order valence-electron chi connectivity index (χ0n) is 12.5. The molecule has 0 unspecified atom stereocenters. The topological polar surface area (TPSA) is 47.6 Å². The van der Waals surface area contributed by atoms with E-state index < -0.39 is 0 Å². The van der Waals surface area contributed by atoms with Crippen LogP contribution in [-0.2, 0) is 11.4 Å².